The van der Waals surface area contributed by atoms with E-state index < -0.39 is 17.0 Å². The molecule has 1 fully saturated rings. The summed E-state index contributed by atoms with van der Waals surface area (Å²) in [6.45, 7) is 3.99. The molecule has 1 aliphatic rings. The zero-order valence-corrected chi connectivity index (χ0v) is 18.1. The number of aryl methyl sites for hydroxylation is 1. The van der Waals surface area contributed by atoms with Crippen molar-refractivity contribution in [2.24, 2.45) is 0 Å². The average Bonchev–Trinajstić information content (AvgIpc) is 2.81. The number of ether oxygens (including phenoxy) is 1. The van der Waals surface area contributed by atoms with Gasteiger partial charge in [-0.15, -0.1) is 0 Å². The van der Waals surface area contributed by atoms with Crippen LogP contribution < -0.4 is 15.5 Å². The predicted octanol–water partition coefficient (Wildman–Crippen LogP) is 2.10. The fourth-order valence-electron chi connectivity index (χ4n) is 4.26. The number of aliphatic carboxylic acids is 1. The third kappa shape index (κ3) is 3.86. The minimum atomic E-state index is -1.12. The van der Waals surface area contributed by atoms with Gasteiger partial charge in [-0.25, -0.2) is 4.79 Å². The number of likely N-dealkylation sites (tertiary alicyclic amines) is 1. The van der Waals surface area contributed by atoms with E-state index in [1.165, 1.54) is 0 Å². The molecule has 1 aromatic heterocycles. The van der Waals surface area contributed by atoms with Gasteiger partial charge in [-0.05, 0) is 49.9 Å². The number of hydrogen-bond acceptors (Lipinski definition) is 6. The average molecular weight is 434 g/mol. The van der Waals surface area contributed by atoms with Crippen molar-refractivity contribution in [1.29, 1.82) is 0 Å². The molecule has 0 spiro atoms. The molecular formula is C25H24NO6-. The number of rotatable bonds is 5. The van der Waals surface area contributed by atoms with Crippen molar-refractivity contribution >= 4 is 22.8 Å². The molecule has 0 N–H and O–H groups in total. The molecule has 0 aliphatic carbocycles. The quantitative estimate of drug-likeness (QED) is 0.570. The molecule has 0 radical (unpaired) electrons. The van der Waals surface area contributed by atoms with E-state index in [4.69, 9.17) is 9.15 Å². The fourth-order valence-corrected chi connectivity index (χ4v) is 4.26. The van der Waals surface area contributed by atoms with E-state index in [9.17, 15) is 19.5 Å². The first-order valence-corrected chi connectivity index (χ1v) is 10.5. The molecule has 166 valence electrons. The third-order valence-corrected chi connectivity index (χ3v) is 6.48. The third-order valence-electron chi connectivity index (χ3n) is 6.48. The smallest absolute Gasteiger partial charge is 0.339 e. The van der Waals surface area contributed by atoms with Crippen LogP contribution in [-0.2, 0) is 15.0 Å². The second kappa shape index (κ2) is 8.49. The lowest BCUT2D eigenvalue weighted by Gasteiger charge is -2.42. The van der Waals surface area contributed by atoms with Crippen LogP contribution in [-0.4, -0.2) is 36.5 Å². The van der Waals surface area contributed by atoms with Crippen molar-refractivity contribution in [3.63, 3.8) is 0 Å². The maximum absolute atomic E-state index is 12.7. The predicted molar refractivity (Wildman–Crippen MR) is 116 cm³/mol. The Hall–Kier alpha value is -3.61. The van der Waals surface area contributed by atoms with Gasteiger partial charge in [0.25, 0.3) is 5.91 Å². The first-order valence-electron chi connectivity index (χ1n) is 10.5. The lowest BCUT2D eigenvalue weighted by Crippen LogP contribution is -2.54. The van der Waals surface area contributed by atoms with Crippen LogP contribution in [0.5, 0.6) is 5.75 Å². The van der Waals surface area contributed by atoms with Crippen LogP contribution in [0.1, 0.15) is 29.5 Å². The molecule has 3 aromatic rings. The molecule has 1 aliphatic heterocycles. The standard InChI is InChI=1S/C25H25NO6/c1-16-17(2)23(28)32-21-14-19(8-9-20(16)21)31-15-22(27)26-12-10-25(11-13-26,24(29)30)18-6-4-3-5-7-18/h3-9,14H,10-13,15H2,1-2H3,(H,29,30)/p-1. The molecule has 1 amide bonds. The fraction of sp³-hybridized carbons (Fsp3) is 0.320. The SMILES string of the molecule is Cc1c(C)c2ccc(OCC(=O)N3CCC(C(=O)[O-])(c4ccccc4)CC3)cc2oc1=O. The number of carbonyl (C=O) groups excluding carboxylic acids is 2. The molecule has 0 atom stereocenters. The van der Waals surface area contributed by atoms with Crippen LogP contribution in [0.25, 0.3) is 11.0 Å². The van der Waals surface area contributed by atoms with Gasteiger partial charge in [0.15, 0.2) is 6.61 Å². The van der Waals surface area contributed by atoms with Gasteiger partial charge >= 0.3 is 5.63 Å². The Morgan fingerprint density at radius 2 is 1.75 bits per heavy atom. The van der Waals surface area contributed by atoms with E-state index in [-0.39, 0.29) is 25.4 Å². The van der Waals surface area contributed by atoms with Gasteiger partial charge in [0, 0.05) is 35.5 Å². The highest BCUT2D eigenvalue weighted by molar-refractivity contribution is 5.83. The molecule has 7 nitrogen and oxygen atoms in total. The summed E-state index contributed by atoms with van der Waals surface area (Å²) in [6, 6.07) is 14.2. The van der Waals surface area contributed by atoms with Crippen molar-refractivity contribution < 1.29 is 23.8 Å². The number of carboxylic acids is 1. The van der Waals surface area contributed by atoms with Crippen molar-refractivity contribution in [3.8, 4) is 5.75 Å². The van der Waals surface area contributed by atoms with E-state index in [2.05, 4.69) is 0 Å². The first kappa shape index (κ1) is 21.6. The van der Waals surface area contributed by atoms with E-state index in [0.717, 1.165) is 10.9 Å². The van der Waals surface area contributed by atoms with Crippen molar-refractivity contribution in [2.45, 2.75) is 32.1 Å². The number of amides is 1. The van der Waals surface area contributed by atoms with Crippen molar-refractivity contribution in [3.05, 3.63) is 75.6 Å². The van der Waals surface area contributed by atoms with E-state index >= 15 is 0 Å². The van der Waals surface area contributed by atoms with Crippen LogP contribution >= 0.6 is 0 Å². The van der Waals surface area contributed by atoms with E-state index in [0.29, 0.717) is 35.5 Å². The molecule has 0 saturated carbocycles. The first-order chi connectivity index (χ1) is 15.3. The largest absolute Gasteiger partial charge is 0.549 e. The lowest BCUT2D eigenvalue weighted by molar-refractivity contribution is -0.315. The summed E-state index contributed by atoms with van der Waals surface area (Å²) in [5, 5.41) is 12.8. The second-order valence-electron chi connectivity index (χ2n) is 8.20. The minimum Gasteiger partial charge on any atom is -0.549 e. The monoisotopic (exact) mass is 434 g/mol. The highest BCUT2D eigenvalue weighted by Crippen LogP contribution is 2.35. The number of carboxylic acid groups (broad SMARTS) is 1. The highest BCUT2D eigenvalue weighted by atomic mass is 16.5. The molecule has 7 heteroatoms. The summed E-state index contributed by atoms with van der Waals surface area (Å²) in [6.07, 6.45) is 0.565. The Morgan fingerprint density at radius 1 is 1.06 bits per heavy atom. The highest BCUT2D eigenvalue weighted by Gasteiger charge is 2.38. The number of hydrogen-bond donors (Lipinski definition) is 0. The molecule has 0 bridgehead atoms. The number of nitrogens with zero attached hydrogens (tertiary/aromatic N) is 1. The number of benzene rings is 2. The van der Waals surface area contributed by atoms with Gasteiger partial charge in [-0.2, -0.15) is 0 Å². The second-order valence-corrected chi connectivity index (χ2v) is 8.20. The zero-order valence-electron chi connectivity index (χ0n) is 18.1. The molecule has 1 saturated heterocycles. The Morgan fingerprint density at radius 3 is 2.41 bits per heavy atom. The summed E-state index contributed by atoms with van der Waals surface area (Å²) in [4.78, 5) is 38.2. The summed E-state index contributed by atoms with van der Waals surface area (Å²) in [7, 11) is 0. The van der Waals surface area contributed by atoms with Crippen LogP contribution in [0.4, 0.5) is 0 Å². The summed E-state index contributed by atoms with van der Waals surface area (Å²) in [5.74, 6) is -0.926. The summed E-state index contributed by atoms with van der Waals surface area (Å²) >= 11 is 0. The molecule has 32 heavy (non-hydrogen) atoms. The molecule has 0 unspecified atom stereocenters. The van der Waals surface area contributed by atoms with Crippen molar-refractivity contribution in [1.82, 2.24) is 4.90 Å². The van der Waals surface area contributed by atoms with Gasteiger partial charge < -0.3 is 24.0 Å². The van der Waals surface area contributed by atoms with Crippen molar-refractivity contribution in [2.75, 3.05) is 19.7 Å². The molecule has 4 rings (SSSR count). The summed E-state index contributed by atoms with van der Waals surface area (Å²) in [5.41, 5.74) is 1.03. The Kier molecular flexibility index (Phi) is 5.74. The maximum Gasteiger partial charge on any atom is 0.339 e. The molecule has 2 heterocycles. The minimum absolute atomic E-state index is 0.190. The van der Waals surface area contributed by atoms with Crippen LogP contribution in [0, 0.1) is 13.8 Å². The Bertz CT molecular complexity index is 1220. The van der Waals surface area contributed by atoms with Gasteiger partial charge in [0.05, 0.1) is 5.97 Å². The van der Waals surface area contributed by atoms with Gasteiger partial charge in [0.2, 0.25) is 0 Å². The molecule has 2 aromatic carbocycles. The number of carbonyl (C=O) groups is 2. The normalized spacial score (nSPS) is 15.5. The van der Waals surface area contributed by atoms with Gasteiger partial charge in [-0.1, -0.05) is 30.3 Å². The van der Waals surface area contributed by atoms with Crippen LogP contribution in [0.15, 0.2) is 57.7 Å². The topological polar surface area (TPSA) is 99.9 Å². The Balaban J connectivity index is 1.42. The van der Waals surface area contributed by atoms with E-state index in [1.54, 1.807) is 54.3 Å². The number of piperidine rings is 1. The van der Waals surface area contributed by atoms with Crippen LogP contribution in [0.3, 0.4) is 0 Å². The van der Waals surface area contributed by atoms with Gasteiger partial charge in [0.1, 0.15) is 11.3 Å². The van der Waals surface area contributed by atoms with Crippen LogP contribution in [0.2, 0.25) is 0 Å². The zero-order chi connectivity index (χ0) is 22.9. The Labute approximate surface area is 185 Å². The summed E-state index contributed by atoms with van der Waals surface area (Å²) < 4.78 is 11.0. The molecular weight excluding hydrogens is 410 g/mol. The van der Waals surface area contributed by atoms with Gasteiger partial charge in [-0.3, -0.25) is 4.79 Å². The van der Waals surface area contributed by atoms with E-state index in [1.807, 2.05) is 13.0 Å². The maximum atomic E-state index is 12.7. The number of fused-ring (bicyclic) bond motifs is 1. The lowest BCUT2D eigenvalue weighted by atomic mass is 9.73.